The lowest BCUT2D eigenvalue weighted by atomic mass is 9.78. The van der Waals surface area contributed by atoms with Gasteiger partial charge in [0.1, 0.15) is 12.4 Å². The summed E-state index contributed by atoms with van der Waals surface area (Å²) in [6.07, 6.45) is 18.0. The number of carbonyl (C=O) groups is 1. The summed E-state index contributed by atoms with van der Waals surface area (Å²) in [6, 6.07) is 13.2. The fourth-order valence-corrected chi connectivity index (χ4v) is 5.50. The van der Waals surface area contributed by atoms with Crippen LogP contribution in [0.1, 0.15) is 102 Å². The number of hydrogen-bond donors (Lipinski definition) is 0. The van der Waals surface area contributed by atoms with E-state index in [0.717, 1.165) is 67.2 Å². The van der Waals surface area contributed by atoms with E-state index < -0.39 is 0 Å². The molecule has 0 N–H and O–H groups in total. The Bertz CT molecular complexity index is 995. The van der Waals surface area contributed by atoms with Crippen molar-refractivity contribution in [1.82, 2.24) is 0 Å². The highest BCUT2D eigenvalue weighted by Crippen LogP contribution is 2.34. The third-order valence-corrected chi connectivity index (χ3v) is 8.06. The van der Waals surface area contributed by atoms with Crippen molar-refractivity contribution in [2.24, 2.45) is 11.8 Å². The van der Waals surface area contributed by atoms with E-state index in [0.29, 0.717) is 25.6 Å². The lowest BCUT2D eigenvalue weighted by Crippen LogP contribution is -2.15. The molecule has 4 nitrogen and oxygen atoms in total. The Morgan fingerprint density at radius 2 is 1.52 bits per heavy atom. The van der Waals surface area contributed by atoms with Crippen LogP contribution < -0.4 is 9.47 Å². The highest BCUT2D eigenvalue weighted by Gasteiger charge is 2.20. The minimum absolute atomic E-state index is 0.282. The quantitative estimate of drug-likeness (QED) is 0.0989. The van der Waals surface area contributed by atoms with Crippen LogP contribution >= 0.6 is 0 Å². The van der Waals surface area contributed by atoms with Gasteiger partial charge in [-0.2, -0.15) is 0 Å². The largest absolute Gasteiger partial charge is 0.494 e. The Morgan fingerprint density at radius 1 is 0.850 bits per heavy atom. The van der Waals surface area contributed by atoms with E-state index >= 15 is 0 Å². The van der Waals surface area contributed by atoms with E-state index in [4.69, 9.17) is 14.2 Å². The van der Waals surface area contributed by atoms with Crippen molar-refractivity contribution in [3.63, 3.8) is 0 Å². The second-order valence-corrected chi connectivity index (χ2v) is 11.3. The maximum Gasteiger partial charge on any atom is 0.330 e. The first-order chi connectivity index (χ1) is 19.6. The number of halogens is 1. The zero-order valence-electron chi connectivity index (χ0n) is 24.5. The van der Waals surface area contributed by atoms with Gasteiger partial charge in [-0.25, -0.2) is 9.18 Å². The van der Waals surface area contributed by atoms with Crippen LogP contribution in [0.3, 0.4) is 0 Å². The van der Waals surface area contributed by atoms with Crippen LogP contribution in [0.15, 0.2) is 55.1 Å². The fourth-order valence-electron chi connectivity index (χ4n) is 5.50. The lowest BCUT2D eigenvalue weighted by molar-refractivity contribution is -0.137. The van der Waals surface area contributed by atoms with Crippen LogP contribution in [-0.4, -0.2) is 19.2 Å². The fraction of sp³-hybridized carbons (Fsp3) is 0.571. The summed E-state index contributed by atoms with van der Waals surface area (Å²) in [5.74, 6) is 2.18. The van der Waals surface area contributed by atoms with Gasteiger partial charge in [0.2, 0.25) is 0 Å². The first-order valence-electron chi connectivity index (χ1n) is 15.5. The molecule has 0 bridgehead atoms. The summed E-state index contributed by atoms with van der Waals surface area (Å²) in [5, 5.41) is 0. The molecule has 0 unspecified atom stereocenters. The van der Waals surface area contributed by atoms with Crippen LogP contribution in [0.25, 0.3) is 0 Å². The van der Waals surface area contributed by atoms with Crippen molar-refractivity contribution in [2.45, 2.75) is 103 Å². The van der Waals surface area contributed by atoms with Gasteiger partial charge in [0.25, 0.3) is 0 Å². The number of hydrogen-bond acceptors (Lipinski definition) is 4. The summed E-state index contributed by atoms with van der Waals surface area (Å²) in [5.41, 5.74) is 2.03. The summed E-state index contributed by atoms with van der Waals surface area (Å²) in [6.45, 7) is 7.04. The predicted molar refractivity (Wildman–Crippen MR) is 160 cm³/mol. The van der Waals surface area contributed by atoms with Crippen molar-refractivity contribution >= 4 is 5.97 Å². The topological polar surface area (TPSA) is 44.8 Å². The van der Waals surface area contributed by atoms with Gasteiger partial charge in [-0.1, -0.05) is 83.1 Å². The monoisotopic (exact) mass is 552 g/mol. The van der Waals surface area contributed by atoms with Gasteiger partial charge >= 0.3 is 5.97 Å². The summed E-state index contributed by atoms with van der Waals surface area (Å²) < 4.78 is 31.3. The predicted octanol–water partition coefficient (Wildman–Crippen LogP) is 9.39. The van der Waals surface area contributed by atoms with Gasteiger partial charge in [-0.15, -0.1) is 0 Å². The molecular weight excluding hydrogens is 503 g/mol. The first-order valence-corrected chi connectivity index (χ1v) is 15.5. The zero-order chi connectivity index (χ0) is 28.4. The molecule has 0 aliphatic heterocycles. The minimum Gasteiger partial charge on any atom is -0.494 e. The van der Waals surface area contributed by atoms with Crippen LogP contribution in [0.5, 0.6) is 11.5 Å². The molecule has 1 fully saturated rings. The SMILES string of the molecule is C=CC(=O)OCCCCCCOc1ccc(COc2ccc(CCC3CCC(CCCCC)CC3)cc2F)cc1. The molecule has 1 saturated carbocycles. The maximum atomic E-state index is 14.7. The van der Waals surface area contributed by atoms with Crippen LogP contribution in [0, 0.1) is 17.7 Å². The van der Waals surface area contributed by atoms with Gasteiger partial charge in [-0.05, 0) is 85.8 Å². The molecule has 2 aromatic rings. The van der Waals surface area contributed by atoms with E-state index in [9.17, 15) is 9.18 Å². The first kappa shape index (κ1) is 31.7. The number of carbonyl (C=O) groups excluding carboxylic acids is 1. The molecule has 0 radical (unpaired) electrons. The molecular formula is C35H49FO4. The van der Waals surface area contributed by atoms with Crippen molar-refractivity contribution in [1.29, 1.82) is 0 Å². The smallest absolute Gasteiger partial charge is 0.330 e. The molecule has 220 valence electrons. The average Bonchev–Trinajstić information content (AvgIpc) is 2.98. The molecule has 1 aliphatic carbocycles. The highest BCUT2D eigenvalue weighted by atomic mass is 19.1. The van der Waals surface area contributed by atoms with Crippen LogP contribution in [0.2, 0.25) is 0 Å². The van der Waals surface area contributed by atoms with E-state index in [2.05, 4.69) is 13.5 Å². The number of esters is 1. The maximum absolute atomic E-state index is 14.7. The van der Waals surface area contributed by atoms with E-state index in [1.54, 1.807) is 12.1 Å². The second kappa shape index (κ2) is 18.5. The van der Waals surface area contributed by atoms with Crippen molar-refractivity contribution in [2.75, 3.05) is 13.2 Å². The molecule has 2 aromatic carbocycles. The summed E-state index contributed by atoms with van der Waals surface area (Å²) in [7, 11) is 0. The van der Waals surface area contributed by atoms with Crippen molar-refractivity contribution < 1.29 is 23.4 Å². The molecule has 1 aliphatic rings. The van der Waals surface area contributed by atoms with Gasteiger partial charge < -0.3 is 14.2 Å². The molecule has 0 saturated heterocycles. The lowest BCUT2D eigenvalue weighted by Gasteiger charge is -2.28. The van der Waals surface area contributed by atoms with Crippen LogP contribution in [0.4, 0.5) is 4.39 Å². The molecule has 0 aromatic heterocycles. The van der Waals surface area contributed by atoms with Crippen molar-refractivity contribution in [3.8, 4) is 11.5 Å². The molecule has 5 heteroatoms. The van der Waals surface area contributed by atoms with E-state index in [1.807, 2.05) is 30.3 Å². The highest BCUT2D eigenvalue weighted by molar-refractivity contribution is 5.81. The standard InChI is InChI=1S/C35H49FO4/c1-3-5-8-11-28-12-14-29(15-13-28)16-17-30-20-23-34(33(36)26-30)40-27-31-18-21-32(22-19-31)38-24-9-6-7-10-25-39-35(37)4-2/h4,18-23,26,28-29H,2-3,5-17,24-25,27H2,1H3. The molecule has 0 amide bonds. The Labute approximate surface area is 241 Å². The van der Waals surface area contributed by atoms with Crippen molar-refractivity contribution in [3.05, 3.63) is 72.1 Å². The molecule has 0 heterocycles. The van der Waals surface area contributed by atoms with E-state index in [-0.39, 0.29) is 11.8 Å². The Kier molecular flexibility index (Phi) is 14.7. The normalized spacial score (nSPS) is 16.9. The number of ether oxygens (including phenoxy) is 3. The van der Waals surface area contributed by atoms with Gasteiger partial charge in [0.15, 0.2) is 11.6 Å². The second-order valence-electron chi connectivity index (χ2n) is 11.3. The Morgan fingerprint density at radius 3 is 2.20 bits per heavy atom. The third kappa shape index (κ3) is 12.1. The zero-order valence-corrected chi connectivity index (χ0v) is 24.5. The third-order valence-electron chi connectivity index (χ3n) is 8.06. The Hall–Kier alpha value is -2.82. The summed E-state index contributed by atoms with van der Waals surface area (Å²) >= 11 is 0. The number of benzene rings is 2. The Balaban J connectivity index is 1.29. The average molecular weight is 553 g/mol. The molecule has 40 heavy (non-hydrogen) atoms. The molecule has 3 rings (SSSR count). The van der Waals surface area contributed by atoms with E-state index in [1.165, 1.54) is 57.4 Å². The molecule has 0 spiro atoms. The number of unbranched alkanes of at least 4 members (excludes halogenated alkanes) is 5. The van der Waals surface area contributed by atoms with Gasteiger partial charge in [0, 0.05) is 6.08 Å². The van der Waals surface area contributed by atoms with Gasteiger partial charge in [0.05, 0.1) is 13.2 Å². The number of aryl methyl sites for hydroxylation is 1. The minimum atomic E-state index is -0.369. The van der Waals surface area contributed by atoms with Gasteiger partial charge in [-0.3, -0.25) is 0 Å². The van der Waals surface area contributed by atoms with Crippen LogP contribution in [-0.2, 0) is 22.6 Å². The summed E-state index contributed by atoms with van der Waals surface area (Å²) in [4.78, 5) is 11.0. The number of rotatable bonds is 19. The molecule has 0 atom stereocenters.